The maximum absolute atomic E-state index is 16.5. The fourth-order valence-corrected chi connectivity index (χ4v) is 14.4. The lowest BCUT2D eigenvalue weighted by Crippen LogP contribution is -2.62. The second-order valence-corrected chi connectivity index (χ2v) is 23.9. The lowest BCUT2D eigenvalue weighted by molar-refractivity contribution is -0.152. The molecule has 2 bridgehead atoms. The van der Waals surface area contributed by atoms with Gasteiger partial charge in [0.15, 0.2) is 0 Å². The van der Waals surface area contributed by atoms with E-state index in [1.54, 1.807) is 23.1 Å². The summed E-state index contributed by atoms with van der Waals surface area (Å²) < 4.78 is 58.5. The first kappa shape index (κ1) is 48.7. The number of pyridine rings is 1. The van der Waals surface area contributed by atoms with Crippen LogP contribution >= 0.6 is 11.6 Å². The number of rotatable bonds is 6. The highest BCUT2D eigenvalue weighted by Crippen LogP contribution is 2.62. The lowest BCUT2D eigenvalue weighted by Gasteiger charge is -2.54. The Morgan fingerprint density at radius 3 is 2.36 bits per heavy atom. The Hall–Kier alpha value is -5.53. The van der Waals surface area contributed by atoms with Gasteiger partial charge in [0.1, 0.15) is 17.6 Å². The van der Waals surface area contributed by atoms with E-state index < -0.39 is 64.0 Å². The number of nitrogens with zero attached hydrogens (tertiary/aromatic N) is 4. The predicted octanol–water partition coefficient (Wildman–Crippen LogP) is 8.11. The van der Waals surface area contributed by atoms with Crippen LogP contribution in [0, 0.1) is 39.8 Å². The third-order valence-corrected chi connectivity index (χ3v) is 18.6. The number of carbonyl (C=O) groups excluding carboxylic acids is 5. The van der Waals surface area contributed by atoms with Gasteiger partial charge in [-0.05, 0) is 124 Å². The zero-order valence-electron chi connectivity index (χ0n) is 41.0. The van der Waals surface area contributed by atoms with Crippen LogP contribution in [0.2, 0.25) is 5.02 Å². The van der Waals surface area contributed by atoms with E-state index in [-0.39, 0.29) is 76.2 Å². The third-order valence-electron chi connectivity index (χ3n) is 18.3. The van der Waals surface area contributed by atoms with E-state index in [4.69, 9.17) is 11.6 Å². The van der Waals surface area contributed by atoms with Crippen molar-refractivity contribution in [2.75, 3.05) is 32.0 Å². The van der Waals surface area contributed by atoms with Crippen LogP contribution < -0.4 is 16.0 Å². The predicted molar refractivity (Wildman–Crippen MR) is 260 cm³/mol. The number of anilines is 1. The third kappa shape index (κ3) is 7.89. The summed E-state index contributed by atoms with van der Waals surface area (Å²) in [7, 11) is 1.86. The molecule has 5 aliphatic heterocycles. The highest BCUT2D eigenvalue weighted by molar-refractivity contribution is 6.30. The number of alkyl halides is 3. The van der Waals surface area contributed by atoms with Gasteiger partial charge >= 0.3 is 6.18 Å². The van der Waals surface area contributed by atoms with Crippen molar-refractivity contribution in [3.63, 3.8) is 0 Å². The van der Waals surface area contributed by atoms with E-state index in [2.05, 4.69) is 53.5 Å². The van der Waals surface area contributed by atoms with Gasteiger partial charge in [0.05, 0.1) is 11.1 Å². The molecule has 3 N–H and O–H groups in total. The number of hydrogen-bond donors (Lipinski definition) is 3. The van der Waals surface area contributed by atoms with Gasteiger partial charge in [-0.15, -0.1) is 0 Å². The summed E-state index contributed by atoms with van der Waals surface area (Å²) in [5.74, 6) is 4.43. The minimum atomic E-state index is -4.68. The van der Waals surface area contributed by atoms with Gasteiger partial charge in [-0.1, -0.05) is 62.4 Å². The van der Waals surface area contributed by atoms with Crippen molar-refractivity contribution in [1.29, 1.82) is 0 Å². The minimum absolute atomic E-state index is 0.0371. The van der Waals surface area contributed by atoms with Crippen LogP contribution in [0.3, 0.4) is 0 Å². The van der Waals surface area contributed by atoms with Crippen LogP contribution in [0.15, 0.2) is 48.7 Å². The molecule has 1 unspecified atom stereocenters. The molecule has 6 atom stereocenters. The topological polar surface area (TPSA) is 144 Å². The van der Waals surface area contributed by atoms with Gasteiger partial charge < -0.3 is 20.4 Å². The van der Waals surface area contributed by atoms with Crippen molar-refractivity contribution in [2.24, 2.45) is 22.2 Å². The monoisotopic (exact) mass is 1010 g/mol. The van der Waals surface area contributed by atoms with Gasteiger partial charge in [-0.2, -0.15) is 13.2 Å². The summed E-state index contributed by atoms with van der Waals surface area (Å²) >= 11 is 6.47. The Morgan fingerprint density at radius 1 is 0.972 bits per heavy atom. The van der Waals surface area contributed by atoms with Crippen LogP contribution in [0.25, 0.3) is 0 Å². The molecule has 17 heteroatoms. The zero-order chi connectivity index (χ0) is 50.9. The van der Waals surface area contributed by atoms with Crippen LogP contribution in [0.4, 0.5) is 23.2 Å². The molecular formula is C55H60ClF4N7O5. The number of likely N-dealkylation sites (tertiary alicyclic amines) is 2. The van der Waals surface area contributed by atoms with Crippen molar-refractivity contribution in [2.45, 2.75) is 146 Å². The standard InChI is InChI=1S/C55H60ClF4N7O5/c1-50(2,3)27-41-54(30-62-38-25-40(55(58,59)60)61-28-36(38)54)43(34-9-6-10-37(56)44(34)57)45(65(41)4)47(70)64-53-18-15-51(16-19-53,17-20-53)49(72)66-23-21-52(22-24-66)26-32(52)12-11-31-7-5-8-33-35(31)29-67(48(33)71)39-13-14-42(68)63-46(39)69/h5-10,25,28,32,39,41,43,45,62H,13-24,26-27,29-30H2,1-4H3,(H,64,70)(H,63,68,69)/t32-,39?,41-,43-,45+,51?,53?,54-/m0/s1. The molecule has 3 aromatic rings. The number of amides is 5. The number of carbonyl (C=O) groups is 5. The van der Waals surface area contributed by atoms with Crippen molar-refractivity contribution in [1.82, 2.24) is 30.3 Å². The molecule has 2 aromatic carbocycles. The Kier molecular flexibility index (Phi) is 11.5. The van der Waals surface area contributed by atoms with E-state index >= 15 is 9.18 Å². The fraction of sp³-hybridized carbons (Fsp3) is 0.564. The van der Waals surface area contributed by atoms with Crippen LogP contribution in [0.5, 0.6) is 0 Å². The highest BCUT2D eigenvalue weighted by atomic mass is 35.5. The summed E-state index contributed by atoms with van der Waals surface area (Å²) in [6, 6.07) is 9.21. The first-order valence-electron chi connectivity index (χ1n) is 25.4. The minimum Gasteiger partial charge on any atom is -0.384 e. The van der Waals surface area contributed by atoms with Crippen molar-refractivity contribution in [3.8, 4) is 11.8 Å². The molecular weight excluding hydrogens is 950 g/mol. The number of fused-ring (bicyclic) bond motifs is 6. The maximum atomic E-state index is 16.5. The second kappa shape index (κ2) is 17.0. The van der Waals surface area contributed by atoms with E-state index in [1.807, 2.05) is 29.0 Å². The molecule has 4 saturated carbocycles. The molecule has 380 valence electrons. The molecule has 5 amide bonds. The average molecular weight is 1010 g/mol. The number of piperidine rings is 2. The molecule has 2 spiro atoms. The van der Waals surface area contributed by atoms with Crippen molar-refractivity contribution < 1.29 is 41.5 Å². The van der Waals surface area contributed by atoms with Gasteiger partial charge in [0.2, 0.25) is 23.6 Å². The van der Waals surface area contributed by atoms with E-state index in [0.29, 0.717) is 75.6 Å². The van der Waals surface area contributed by atoms with E-state index in [0.717, 1.165) is 36.5 Å². The molecule has 1 aromatic heterocycles. The number of halogens is 5. The van der Waals surface area contributed by atoms with Gasteiger partial charge in [-0.25, -0.2) is 4.39 Å². The number of nitrogens with one attached hydrogen (secondary N) is 3. The van der Waals surface area contributed by atoms with Gasteiger partial charge in [0.25, 0.3) is 5.91 Å². The lowest BCUT2D eigenvalue weighted by atomic mass is 9.56. The Bertz CT molecular complexity index is 2860. The van der Waals surface area contributed by atoms with Gasteiger partial charge in [-0.3, -0.25) is 39.2 Å². The fourth-order valence-electron chi connectivity index (χ4n) is 14.3. The quantitative estimate of drug-likeness (QED) is 0.128. The zero-order valence-corrected chi connectivity index (χ0v) is 41.8. The van der Waals surface area contributed by atoms with Crippen molar-refractivity contribution >= 4 is 46.8 Å². The first-order valence-corrected chi connectivity index (χ1v) is 25.8. The van der Waals surface area contributed by atoms with Gasteiger partial charge in [0, 0.05) is 95.4 Å². The Balaban J connectivity index is 0.769. The first-order chi connectivity index (χ1) is 34.1. The Morgan fingerprint density at radius 2 is 1.68 bits per heavy atom. The molecule has 12 rings (SSSR count). The molecule has 4 aliphatic carbocycles. The Labute approximate surface area is 421 Å². The number of benzene rings is 2. The van der Waals surface area contributed by atoms with Crippen molar-refractivity contribution in [3.05, 3.63) is 93.0 Å². The maximum Gasteiger partial charge on any atom is 0.433 e. The molecule has 72 heavy (non-hydrogen) atoms. The molecule has 3 saturated heterocycles. The number of aromatic nitrogens is 1. The van der Waals surface area contributed by atoms with E-state index in [9.17, 15) is 32.3 Å². The average Bonchev–Trinajstić information content (AvgIpc) is 3.56. The number of hydrogen-bond acceptors (Lipinski definition) is 8. The SMILES string of the molecule is CN1[C@@H](CC(C)(C)C)[C@@]2(CNc3cc(C(F)(F)F)ncc32)[C@@H](c2cccc(Cl)c2F)[C@@H]1C(=O)NC12CCC(C(=O)N3CCC4(CC3)C[C@@H]4C#Cc3cccc4c3CN(C3CCC(=O)NC3=O)C4=O)(CC1)CC2. The summed E-state index contributed by atoms with van der Waals surface area (Å²) in [6.07, 6.45) is 3.96. The largest absolute Gasteiger partial charge is 0.433 e. The number of likely N-dealkylation sites (N-methyl/N-ethyl adjacent to an activating group) is 1. The van der Waals surface area contributed by atoms with Crippen LogP contribution in [0.1, 0.15) is 142 Å². The molecule has 6 heterocycles. The second-order valence-electron chi connectivity index (χ2n) is 23.5. The molecule has 7 fully saturated rings. The van der Waals surface area contributed by atoms with E-state index in [1.165, 1.54) is 12.3 Å². The van der Waals surface area contributed by atoms with Crippen LogP contribution in [-0.4, -0.2) is 99.6 Å². The summed E-state index contributed by atoms with van der Waals surface area (Å²) in [5.41, 5.74) is -0.348. The molecule has 12 nitrogen and oxygen atoms in total. The molecule has 0 radical (unpaired) electrons. The summed E-state index contributed by atoms with van der Waals surface area (Å²) in [5, 5.41) is 8.97. The summed E-state index contributed by atoms with van der Waals surface area (Å²) in [6.45, 7) is 7.95. The number of imide groups is 1. The highest BCUT2D eigenvalue weighted by Gasteiger charge is 2.66. The summed E-state index contributed by atoms with van der Waals surface area (Å²) in [4.78, 5) is 77.1. The van der Waals surface area contributed by atoms with Crippen LogP contribution in [-0.2, 0) is 37.3 Å². The smallest absolute Gasteiger partial charge is 0.384 e. The molecule has 9 aliphatic rings. The normalized spacial score (nSPS) is 31.5.